The minimum absolute atomic E-state index is 0.363. The van der Waals surface area contributed by atoms with E-state index in [4.69, 9.17) is 11.6 Å². The van der Waals surface area contributed by atoms with Gasteiger partial charge in [-0.3, -0.25) is 4.40 Å². The number of fused-ring (bicyclic) bond motifs is 2. The number of hydrogen-bond donors (Lipinski definition) is 0. The summed E-state index contributed by atoms with van der Waals surface area (Å²) in [6, 6.07) is 10.4. The number of rotatable bonds is 1. The van der Waals surface area contributed by atoms with Crippen molar-refractivity contribution < 1.29 is 0 Å². The molecule has 0 N–H and O–H groups in total. The van der Waals surface area contributed by atoms with E-state index in [0.29, 0.717) is 10.8 Å². The highest BCUT2D eigenvalue weighted by molar-refractivity contribution is 7.22. The van der Waals surface area contributed by atoms with Gasteiger partial charge in [0.1, 0.15) is 0 Å². The summed E-state index contributed by atoms with van der Waals surface area (Å²) in [7, 11) is 0. The second kappa shape index (κ2) is 4.01. The van der Waals surface area contributed by atoms with Crippen molar-refractivity contribution in [2.24, 2.45) is 0 Å². The molecule has 0 saturated carbocycles. The highest BCUT2D eigenvalue weighted by Crippen LogP contribution is 2.32. The third-order valence-corrected chi connectivity index (χ3v) is 4.31. The van der Waals surface area contributed by atoms with Gasteiger partial charge < -0.3 is 0 Å². The van der Waals surface area contributed by atoms with Crippen LogP contribution in [0.25, 0.3) is 26.4 Å². The molecule has 0 spiro atoms. The molecule has 0 radical (unpaired) electrons. The maximum atomic E-state index is 6.01. The molecule has 4 aromatic rings. The van der Waals surface area contributed by atoms with E-state index < -0.39 is 0 Å². The fourth-order valence-electron chi connectivity index (χ4n) is 2.06. The summed E-state index contributed by atoms with van der Waals surface area (Å²) in [6.07, 6.45) is 3.47. The van der Waals surface area contributed by atoms with Crippen LogP contribution < -0.4 is 0 Å². The summed E-state index contributed by atoms with van der Waals surface area (Å²) in [5, 5.41) is 9.88. The van der Waals surface area contributed by atoms with Crippen LogP contribution in [-0.4, -0.2) is 19.6 Å². The lowest BCUT2D eigenvalue weighted by molar-refractivity contribution is 1.12. The standard InChI is InChI=1S/C13H7ClN4S/c14-11-13-17-16-12(18(13)6-5-15-11)10-7-8-3-1-2-4-9(8)19-10/h1-7H. The lowest BCUT2D eigenvalue weighted by Crippen LogP contribution is -1.89. The van der Waals surface area contributed by atoms with Gasteiger partial charge in [-0.05, 0) is 17.5 Å². The van der Waals surface area contributed by atoms with Crippen molar-refractivity contribution in [2.45, 2.75) is 0 Å². The SMILES string of the molecule is Clc1nccn2c(-c3cc4ccccc4s3)nnc12. The molecule has 0 unspecified atom stereocenters. The maximum absolute atomic E-state index is 6.01. The van der Waals surface area contributed by atoms with Crippen LogP contribution >= 0.6 is 22.9 Å². The summed E-state index contributed by atoms with van der Waals surface area (Å²) in [4.78, 5) is 5.07. The molecule has 4 nitrogen and oxygen atoms in total. The fraction of sp³-hybridized carbons (Fsp3) is 0. The number of hydrogen-bond acceptors (Lipinski definition) is 4. The van der Waals surface area contributed by atoms with Crippen LogP contribution in [0.5, 0.6) is 0 Å². The van der Waals surface area contributed by atoms with E-state index in [0.717, 1.165) is 10.7 Å². The first-order chi connectivity index (χ1) is 9.33. The Kier molecular flexibility index (Phi) is 2.30. The van der Waals surface area contributed by atoms with Gasteiger partial charge in [-0.1, -0.05) is 29.8 Å². The monoisotopic (exact) mass is 286 g/mol. The van der Waals surface area contributed by atoms with E-state index in [1.165, 1.54) is 10.1 Å². The Morgan fingerprint density at radius 1 is 1.16 bits per heavy atom. The molecule has 1 aromatic carbocycles. The molecular weight excluding hydrogens is 280 g/mol. The molecule has 0 aliphatic heterocycles. The van der Waals surface area contributed by atoms with Crippen LogP contribution in [0.15, 0.2) is 42.7 Å². The Bertz CT molecular complexity index is 863. The normalized spacial score (nSPS) is 11.4. The number of benzene rings is 1. The number of nitrogens with zero attached hydrogens (tertiary/aromatic N) is 4. The van der Waals surface area contributed by atoms with Crippen molar-refractivity contribution in [1.82, 2.24) is 19.6 Å². The van der Waals surface area contributed by atoms with Gasteiger partial charge in [0.15, 0.2) is 16.6 Å². The average molecular weight is 287 g/mol. The molecule has 0 fully saturated rings. The molecule has 19 heavy (non-hydrogen) atoms. The second-order valence-corrected chi connectivity index (χ2v) is 5.53. The van der Waals surface area contributed by atoms with Crippen molar-refractivity contribution in [1.29, 1.82) is 0 Å². The topological polar surface area (TPSA) is 43.1 Å². The molecule has 0 atom stereocenters. The van der Waals surface area contributed by atoms with Crippen LogP contribution in [0.1, 0.15) is 0 Å². The molecule has 4 rings (SSSR count). The highest BCUT2D eigenvalue weighted by Gasteiger charge is 2.13. The highest BCUT2D eigenvalue weighted by atomic mass is 35.5. The number of halogens is 1. The van der Waals surface area contributed by atoms with Crippen molar-refractivity contribution >= 4 is 38.7 Å². The summed E-state index contributed by atoms with van der Waals surface area (Å²) >= 11 is 7.69. The molecule has 3 aromatic heterocycles. The zero-order valence-electron chi connectivity index (χ0n) is 9.62. The van der Waals surface area contributed by atoms with Crippen molar-refractivity contribution in [3.05, 3.63) is 47.9 Å². The van der Waals surface area contributed by atoms with Crippen LogP contribution in [0.4, 0.5) is 0 Å². The van der Waals surface area contributed by atoms with Crippen molar-refractivity contribution in [3.63, 3.8) is 0 Å². The third kappa shape index (κ3) is 1.63. The Morgan fingerprint density at radius 2 is 2.05 bits per heavy atom. The van der Waals surface area contributed by atoms with E-state index in [9.17, 15) is 0 Å². The van der Waals surface area contributed by atoms with Gasteiger partial charge in [0, 0.05) is 17.1 Å². The minimum atomic E-state index is 0.363. The summed E-state index contributed by atoms with van der Waals surface area (Å²) in [5.41, 5.74) is 0.580. The molecule has 0 aliphatic carbocycles. The van der Waals surface area contributed by atoms with Crippen molar-refractivity contribution in [3.8, 4) is 10.7 Å². The van der Waals surface area contributed by atoms with Gasteiger partial charge in [0.25, 0.3) is 0 Å². The van der Waals surface area contributed by atoms with E-state index in [1.807, 2.05) is 22.7 Å². The lowest BCUT2D eigenvalue weighted by atomic mass is 10.2. The molecule has 0 saturated heterocycles. The van der Waals surface area contributed by atoms with Gasteiger partial charge in [-0.2, -0.15) is 0 Å². The lowest BCUT2D eigenvalue weighted by Gasteiger charge is -1.96. The Hall–Kier alpha value is -1.98. The van der Waals surface area contributed by atoms with Gasteiger partial charge in [-0.25, -0.2) is 4.98 Å². The Morgan fingerprint density at radius 3 is 2.95 bits per heavy atom. The first-order valence-electron chi connectivity index (χ1n) is 5.67. The zero-order chi connectivity index (χ0) is 12.8. The van der Waals surface area contributed by atoms with Crippen molar-refractivity contribution in [2.75, 3.05) is 0 Å². The van der Waals surface area contributed by atoms with Crippen LogP contribution in [0.2, 0.25) is 5.15 Å². The second-order valence-electron chi connectivity index (χ2n) is 4.08. The summed E-state index contributed by atoms with van der Waals surface area (Å²) in [6.45, 7) is 0. The molecule has 0 amide bonds. The average Bonchev–Trinajstić information content (AvgIpc) is 3.02. The molecular formula is C13H7ClN4S. The zero-order valence-corrected chi connectivity index (χ0v) is 11.2. The van der Waals surface area contributed by atoms with E-state index in [2.05, 4.69) is 33.4 Å². The van der Waals surface area contributed by atoms with Gasteiger partial charge >= 0.3 is 0 Å². The first-order valence-corrected chi connectivity index (χ1v) is 6.86. The fourth-order valence-corrected chi connectivity index (χ4v) is 3.29. The Balaban J connectivity index is 2.01. The third-order valence-electron chi connectivity index (χ3n) is 2.93. The van der Waals surface area contributed by atoms with Gasteiger partial charge in [0.2, 0.25) is 0 Å². The number of aromatic nitrogens is 4. The summed E-state index contributed by atoms with van der Waals surface area (Å²) < 4.78 is 3.09. The smallest absolute Gasteiger partial charge is 0.198 e. The predicted molar refractivity (Wildman–Crippen MR) is 76.6 cm³/mol. The molecule has 0 aliphatic rings. The summed E-state index contributed by atoms with van der Waals surface area (Å²) in [5.74, 6) is 0.792. The van der Waals surface area contributed by atoms with Gasteiger partial charge in [-0.15, -0.1) is 21.5 Å². The predicted octanol–water partition coefficient (Wildman–Crippen LogP) is 3.66. The van der Waals surface area contributed by atoms with E-state index in [1.54, 1.807) is 17.5 Å². The van der Waals surface area contributed by atoms with Crippen LogP contribution in [0, 0.1) is 0 Å². The number of thiophene rings is 1. The maximum Gasteiger partial charge on any atom is 0.198 e. The van der Waals surface area contributed by atoms with E-state index in [-0.39, 0.29) is 0 Å². The molecule has 6 heteroatoms. The quantitative estimate of drug-likeness (QED) is 0.536. The Labute approximate surface area is 117 Å². The molecule has 92 valence electrons. The van der Waals surface area contributed by atoms with Gasteiger partial charge in [0.05, 0.1) is 4.88 Å². The molecule has 3 heterocycles. The minimum Gasteiger partial charge on any atom is -0.278 e. The largest absolute Gasteiger partial charge is 0.278 e. The van der Waals surface area contributed by atoms with E-state index >= 15 is 0 Å². The van der Waals surface area contributed by atoms with Crippen LogP contribution in [0.3, 0.4) is 0 Å². The van der Waals surface area contributed by atoms with Crippen LogP contribution in [-0.2, 0) is 0 Å². The molecule has 0 bridgehead atoms. The first kappa shape index (κ1) is 10.9.